The van der Waals surface area contributed by atoms with Gasteiger partial charge in [-0.25, -0.2) is 4.79 Å². The van der Waals surface area contributed by atoms with Gasteiger partial charge < -0.3 is 5.32 Å². The Morgan fingerprint density at radius 1 is 1.26 bits per heavy atom. The van der Waals surface area contributed by atoms with Gasteiger partial charge in [0.2, 0.25) is 11.1 Å². The van der Waals surface area contributed by atoms with E-state index in [2.05, 4.69) is 40.0 Å². The molecular formula is C14H18N6O2S. The summed E-state index contributed by atoms with van der Waals surface area (Å²) in [5.41, 5.74) is 2.04. The maximum Gasteiger partial charge on any atom is 0.321 e. The van der Waals surface area contributed by atoms with Crippen molar-refractivity contribution < 1.29 is 9.59 Å². The van der Waals surface area contributed by atoms with Crippen molar-refractivity contribution in [2.24, 2.45) is 0 Å². The van der Waals surface area contributed by atoms with Crippen molar-refractivity contribution in [2.75, 3.05) is 12.8 Å². The minimum atomic E-state index is -0.542. The first-order chi connectivity index (χ1) is 11.0. The second-order valence-corrected chi connectivity index (χ2v) is 5.98. The van der Waals surface area contributed by atoms with Crippen LogP contribution < -0.4 is 10.6 Å². The SMILES string of the molecule is CNC(=O)NC(=O)CSc1nnnn1-c1ccc(C(C)C)cc1. The lowest BCUT2D eigenvalue weighted by atomic mass is 10.0. The van der Waals surface area contributed by atoms with E-state index in [0.29, 0.717) is 11.1 Å². The van der Waals surface area contributed by atoms with Crippen molar-refractivity contribution in [3.63, 3.8) is 0 Å². The summed E-state index contributed by atoms with van der Waals surface area (Å²) in [7, 11) is 1.44. The van der Waals surface area contributed by atoms with E-state index < -0.39 is 11.9 Å². The number of imide groups is 1. The molecule has 122 valence electrons. The van der Waals surface area contributed by atoms with Crippen LogP contribution >= 0.6 is 11.8 Å². The molecule has 0 fully saturated rings. The Bertz CT molecular complexity index is 683. The average Bonchev–Trinajstić information content (AvgIpc) is 3.01. The molecule has 0 radical (unpaired) electrons. The van der Waals surface area contributed by atoms with Crippen LogP contribution in [-0.2, 0) is 4.79 Å². The summed E-state index contributed by atoms with van der Waals surface area (Å²) in [6.45, 7) is 4.25. The molecule has 9 heteroatoms. The molecule has 23 heavy (non-hydrogen) atoms. The zero-order chi connectivity index (χ0) is 16.8. The summed E-state index contributed by atoms with van der Waals surface area (Å²) in [5.74, 6) is 0.0666. The van der Waals surface area contributed by atoms with Crippen molar-refractivity contribution in [3.8, 4) is 5.69 Å². The summed E-state index contributed by atoms with van der Waals surface area (Å²) in [6, 6.07) is 7.36. The van der Waals surface area contributed by atoms with Crippen LogP contribution in [0.15, 0.2) is 29.4 Å². The number of carbonyl (C=O) groups excluding carboxylic acids is 2. The van der Waals surface area contributed by atoms with Gasteiger partial charge in [-0.2, -0.15) is 4.68 Å². The molecule has 0 spiro atoms. The van der Waals surface area contributed by atoms with Crippen molar-refractivity contribution >= 4 is 23.7 Å². The van der Waals surface area contributed by atoms with Gasteiger partial charge in [-0.1, -0.05) is 37.7 Å². The molecule has 2 aromatic rings. The molecule has 0 aliphatic heterocycles. The van der Waals surface area contributed by atoms with Crippen molar-refractivity contribution in [3.05, 3.63) is 29.8 Å². The van der Waals surface area contributed by atoms with Gasteiger partial charge in [0, 0.05) is 7.05 Å². The van der Waals surface area contributed by atoms with E-state index in [1.165, 1.54) is 12.6 Å². The summed E-state index contributed by atoms with van der Waals surface area (Å²) in [4.78, 5) is 22.7. The average molecular weight is 334 g/mol. The first-order valence-corrected chi connectivity index (χ1v) is 8.03. The fourth-order valence-corrected chi connectivity index (χ4v) is 2.48. The number of amides is 3. The highest BCUT2D eigenvalue weighted by Gasteiger charge is 2.13. The first kappa shape index (κ1) is 16.9. The minimum absolute atomic E-state index is 0.0396. The molecule has 8 nitrogen and oxygen atoms in total. The Labute approximate surface area is 138 Å². The third-order valence-corrected chi connectivity index (χ3v) is 3.98. The summed E-state index contributed by atoms with van der Waals surface area (Å²) >= 11 is 1.15. The molecule has 0 unspecified atom stereocenters. The lowest BCUT2D eigenvalue weighted by Gasteiger charge is -2.08. The van der Waals surface area contributed by atoms with E-state index in [1.807, 2.05) is 24.3 Å². The highest BCUT2D eigenvalue weighted by atomic mass is 32.2. The third-order valence-electron chi connectivity index (χ3n) is 3.06. The molecular weight excluding hydrogens is 316 g/mol. The zero-order valence-corrected chi connectivity index (χ0v) is 13.9. The van der Waals surface area contributed by atoms with Crippen LogP contribution in [0.2, 0.25) is 0 Å². The Kier molecular flexibility index (Phi) is 5.69. The lowest BCUT2D eigenvalue weighted by Crippen LogP contribution is -2.38. The van der Waals surface area contributed by atoms with Gasteiger partial charge in [-0.15, -0.1) is 5.10 Å². The highest BCUT2D eigenvalue weighted by molar-refractivity contribution is 7.99. The molecule has 3 amide bonds. The number of urea groups is 1. The molecule has 0 aliphatic carbocycles. The minimum Gasteiger partial charge on any atom is -0.341 e. The number of nitrogens with zero attached hydrogens (tertiary/aromatic N) is 4. The summed E-state index contributed by atoms with van der Waals surface area (Å²) in [6.07, 6.45) is 0. The van der Waals surface area contributed by atoms with Gasteiger partial charge in [0.1, 0.15) is 0 Å². The molecule has 0 saturated carbocycles. The molecule has 0 atom stereocenters. The van der Waals surface area contributed by atoms with Gasteiger partial charge >= 0.3 is 6.03 Å². The van der Waals surface area contributed by atoms with Crippen LogP contribution in [0.1, 0.15) is 25.3 Å². The summed E-state index contributed by atoms with van der Waals surface area (Å²) in [5, 5.41) is 16.5. The number of nitrogens with one attached hydrogen (secondary N) is 2. The summed E-state index contributed by atoms with van der Waals surface area (Å²) < 4.78 is 1.56. The quantitative estimate of drug-likeness (QED) is 0.800. The number of tetrazole rings is 1. The maximum atomic E-state index is 11.6. The van der Waals surface area contributed by atoms with Crippen LogP contribution in [0.4, 0.5) is 4.79 Å². The molecule has 1 heterocycles. The van der Waals surface area contributed by atoms with E-state index in [0.717, 1.165) is 17.4 Å². The van der Waals surface area contributed by atoms with Crippen LogP contribution in [0, 0.1) is 0 Å². The second kappa shape index (κ2) is 7.73. The standard InChI is InChI=1S/C14H18N6O2S/c1-9(2)10-4-6-11(7-5-10)20-14(17-18-19-20)23-8-12(21)16-13(22)15-3/h4-7,9H,8H2,1-3H3,(H2,15,16,21,22). The fraction of sp³-hybridized carbons (Fsp3) is 0.357. The smallest absolute Gasteiger partial charge is 0.321 e. The zero-order valence-electron chi connectivity index (χ0n) is 13.1. The van der Waals surface area contributed by atoms with Crippen molar-refractivity contribution in [1.82, 2.24) is 30.8 Å². The lowest BCUT2D eigenvalue weighted by molar-refractivity contribution is -0.117. The van der Waals surface area contributed by atoms with Gasteiger partial charge in [0.05, 0.1) is 11.4 Å². The molecule has 2 N–H and O–H groups in total. The number of hydrogen-bond acceptors (Lipinski definition) is 6. The Morgan fingerprint density at radius 2 is 1.96 bits per heavy atom. The predicted molar refractivity (Wildman–Crippen MR) is 86.6 cm³/mol. The second-order valence-electron chi connectivity index (χ2n) is 5.04. The number of hydrogen-bond donors (Lipinski definition) is 2. The number of carbonyl (C=O) groups is 2. The highest BCUT2D eigenvalue weighted by Crippen LogP contribution is 2.20. The Hall–Kier alpha value is -2.42. The van der Waals surface area contributed by atoms with Gasteiger partial charge in [-0.3, -0.25) is 10.1 Å². The van der Waals surface area contributed by atoms with Gasteiger partial charge in [0.15, 0.2) is 0 Å². The van der Waals surface area contributed by atoms with Gasteiger partial charge in [0.25, 0.3) is 0 Å². The first-order valence-electron chi connectivity index (χ1n) is 7.04. The maximum absolute atomic E-state index is 11.6. The third kappa shape index (κ3) is 4.52. The monoisotopic (exact) mass is 334 g/mol. The molecule has 1 aromatic heterocycles. The van der Waals surface area contributed by atoms with Crippen LogP contribution in [-0.4, -0.2) is 44.9 Å². The fourth-order valence-electron chi connectivity index (χ4n) is 1.79. The molecule has 2 rings (SSSR count). The topological polar surface area (TPSA) is 102 Å². The predicted octanol–water partition coefficient (Wildman–Crippen LogP) is 1.33. The Morgan fingerprint density at radius 3 is 2.57 bits per heavy atom. The number of benzene rings is 1. The molecule has 0 aliphatic rings. The van der Waals surface area contributed by atoms with E-state index in [9.17, 15) is 9.59 Å². The van der Waals surface area contributed by atoms with Crippen LogP contribution in [0.3, 0.4) is 0 Å². The van der Waals surface area contributed by atoms with Gasteiger partial charge in [-0.05, 0) is 34.0 Å². The number of aromatic nitrogens is 4. The number of thioether (sulfide) groups is 1. The Balaban J connectivity index is 2.04. The van der Waals surface area contributed by atoms with E-state index in [-0.39, 0.29) is 5.75 Å². The van der Waals surface area contributed by atoms with Crippen LogP contribution in [0.25, 0.3) is 5.69 Å². The normalized spacial score (nSPS) is 10.6. The number of rotatable bonds is 5. The van der Waals surface area contributed by atoms with E-state index >= 15 is 0 Å². The largest absolute Gasteiger partial charge is 0.341 e. The molecule has 1 aromatic carbocycles. The van der Waals surface area contributed by atoms with Crippen molar-refractivity contribution in [1.29, 1.82) is 0 Å². The molecule has 0 saturated heterocycles. The van der Waals surface area contributed by atoms with Crippen molar-refractivity contribution in [2.45, 2.75) is 24.9 Å². The van der Waals surface area contributed by atoms with E-state index in [4.69, 9.17) is 0 Å². The van der Waals surface area contributed by atoms with E-state index in [1.54, 1.807) is 4.68 Å². The molecule has 0 bridgehead atoms. The van der Waals surface area contributed by atoms with Crippen LogP contribution in [0.5, 0.6) is 0 Å².